The van der Waals surface area contributed by atoms with Crippen LogP contribution in [0.5, 0.6) is 0 Å². The zero-order valence-corrected chi connectivity index (χ0v) is 19.4. The highest BCUT2D eigenvalue weighted by molar-refractivity contribution is 7.19. The molecule has 1 amide bonds. The number of aromatic nitrogens is 1. The van der Waals surface area contributed by atoms with Gasteiger partial charge in [0.2, 0.25) is 0 Å². The van der Waals surface area contributed by atoms with Gasteiger partial charge in [0.1, 0.15) is 0 Å². The van der Waals surface area contributed by atoms with Crippen molar-refractivity contribution in [2.24, 2.45) is 0 Å². The van der Waals surface area contributed by atoms with E-state index in [0.29, 0.717) is 16.3 Å². The van der Waals surface area contributed by atoms with Crippen LogP contribution in [-0.4, -0.2) is 10.9 Å². The molecule has 0 fully saturated rings. The third-order valence-corrected chi connectivity index (χ3v) is 6.45. The zero-order chi connectivity index (χ0) is 23.8. The average Bonchev–Trinajstić information content (AvgIpc) is 3.21. The third-order valence-electron chi connectivity index (χ3n) is 4.78. The van der Waals surface area contributed by atoms with Crippen LogP contribution in [0.25, 0.3) is 10.4 Å². The number of hydrogen-bond acceptors (Lipinski definition) is 3. The molecule has 0 N–H and O–H groups in total. The van der Waals surface area contributed by atoms with Crippen LogP contribution in [0.3, 0.4) is 0 Å². The fourth-order valence-electron chi connectivity index (χ4n) is 3.16. The third kappa shape index (κ3) is 4.90. The molecule has 4 rings (SSSR count). The molecule has 0 bridgehead atoms. The standard InChI is InChI=1S/C24H15Cl2F3N2OS/c1-14-6-12-17(13-7-14)31(22(32)18-4-2-3-5-19(18)26)23-30-21(24(27,28)29)20(33-23)15-8-10-16(25)11-9-15/h2-13H,1H3. The minimum Gasteiger partial charge on any atom is -0.268 e. The smallest absolute Gasteiger partial charge is 0.268 e. The van der Waals surface area contributed by atoms with Crippen molar-refractivity contribution >= 4 is 51.3 Å². The molecule has 0 saturated heterocycles. The Labute approximate surface area is 202 Å². The molecule has 3 aromatic carbocycles. The molecular formula is C24H15Cl2F3N2OS. The number of anilines is 2. The van der Waals surface area contributed by atoms with E-state index in [9.17, 15) is 18.0 Å². The number of thiazole rings is 1. The predicted molar refractivity (Wildman–Crippen MR) is 127 cm³/mol. The van der Waals surface area contributed by atoms with E-state index in [2.05, 4.69) is 4.98 Å². The first-order valence-electron chi connectivity index (χ1n) is 9.65. The van der Waals surface area contributed by atoms with Crippen molar-refractivity contribution in [3.05, 3.63) is 99.7 Å². The van der Waals surface area contributed by atoms with Gasteiger partial charge in [-0.3, -0.25) is 9.69 Å². The average molecular weight is 507 g/mol. The van der Waals surface area contributed by atoms with Gasteiger partial charge in [0.15, 0.2) is 10.8 Å². The molecule has 0 aliphatic heterocycles. The second-order valence-corrected chi connectivity index (χ2v) is 8.96. The second kappa shape index (κ2) is 9.17. The highest BCUT2D eigenvalue weighted by Crippen LogP contribution is 2.45. The summed E-state index contributed by atoms with van der Waals surface area (Å²) in [5.74, 6) is -0.588. The maximum atomic E-state index is 13.9. The number of nitrogens with zero attached hydrogens (tertiary/aromatic N) is 2. The van der Waals surface area contributed by atoms with Crippen LogP contribution in [0.4, 0.5) is 24.0 Å². The Morgan fingerprint density at radius 3 is 2.18 bits per heavy atom. The Morgan fingerprint density at radius 2 is 1.58 bits per heavy atom. The maximum Gasteiger partial charge on any atom is 0.434 e. The van der Waals surface area contributed by atoms with Gasteiger partial charge in [-0.15, -0.1) is 0 Å². The maximum absolute atomic E-state index is 13.9. The van der Waals surface area contributed by atoms with Gasteiger partial charge < -0.3 is 0 Å². The van der Waals surface area contributed by atoms with Crippen molar-refractivity contribution < 1.29 is 18.0 Å². The van der Waals surface area contributed by atoms with E-state index in [-0.39, 0.29) is 20.6 Å². The van der Waals surface area contributed by atoms with E-state index in [1.54, 1.807) is 42.5 Å². The lowest BCUT2D eigenvalue weighted by Gasteiger charge is -2.21. The fraction of sp³-hybridized carbons (Fsp3) is 0.0833. The Kier molecular flexibility index (Phi) is 6.47. The number of carbonyl (C=O) groups excluding carboxylic acids is 1. The highest BCUT2D eigenvalue weighted by atomic mass is 35.5. The topological polar surface area (TPSA) is 33.2 Å². The van der Waals surface area contributed by atoms with E-state index in [1.807, 2.05) is 6.92 Å². The summed E-state index contributed by atoms with van der Waals surface area (Å²) in [7, 11) is 0. The Hall–Kier alpha value is -2.87. The van der Waals surface area contributed by atoms with Crippen LogP contribution in [0.1, 0.15) is 21.6 Å². The molecule has 0 spiro atoms. The molecule has 0 unspecified atom stereocenters. The lowest BCUT2D eigenvalue weighted by molar-refractivity contribution is -0.140. The molecule has 1 aromatic heterocycles. The van der Waals surface area contributed by atoms with E-state index >= 15 is 0 Å². The number of aryl methyl sites for hydroxylation is 1. The van der Waals surface area contributed by atoms with Gasteiger partial charge in [0.25, 0.3) is 5.91 Å². The van der Waals surface area contributed by atoms with Crippen LogP contribution in [0.15, 0.2) is 72.8 Å². The second-order valence-electron chi connectivity index (χ2n) is 7.13. The summed E-state index contributed by atoms with van der Waals surface area (Å²) in [5.41, 5.74) is 0.673. The van der Waals surface area contributed by atoms with E-state index in [0.717, 1.165) is 21.8 Å². The van der Waals surface area contributed by atoms with Crippen molar-refractivity contribution in [3.8, 4) is 10.4 Å². The minimum absolute atomic E-state index is 0.113. The van der Waals surface area contributed by atoms with Crippen molar-refractivity contribution in [2.75, 3.05) is 4.90 Å². The largest absolute Gasteiger partial charge is 0.434 e. The molecule has 3 nitrogen and oxygen atoms in total. The quantitative estimate of drug-likeness (QED) is 0.278. The van der Waals surface area contributed by atoms with Gasteiger partial charge in [0.05, 0.1) is 21.2 Å². The Balaban J connectivity index is 1.92. The summed E-state index contributed by atoms with van der Waals surface area (Å²) in [5, 5.41) is 0.457. The molecule has 33 heavy (non-hydrogen) atoms. The number of rotatable bonds is 4. The minimum atomic E-state index is -4.73. The van der Waals surface area contributed by atoms with E-state index < -0.39 is 17.8 Å². The highest BCUT2D eigenvalue weighted by Gasteiger charge is 2.39. The number of amides is 1. The number of halogens is 5. The van der Waals surface area contributed by atoms with Crippen LogP contribution in [0.2, 0.25) is 10.0 Å². The molecule has 0 aliphatic carbocycles. The molecule has 0 radical (unpaired) electrons. The van der Waals surface area contributed by atoms with Crippen LogP contribution in [0, 0.1) is 6.92 Å². The van der Waals surface area contributed by atoms with Crippen molar-refractivity contribution in [1.29, 1.82) is 0 Å². The first-order chi connectivity index (χ1) is 15.6. The summed E-state index contributed by atoms with van der Waals surface area (Å²) >= 11 is 12.9. The summed E-state index contributed by atoms with van der Waals surface area (Å²) in [6.07, 6.45) is -4.73. The fourth-order valence-corrected chi connectivity index (χ4v) is 4.61. The summed E-state index contributed by atoms with van der Waals surface area (Å²) < 4.78 is 41.8. The van der Waals surface area contributed by atoms with Crippen LogP contribution in [-0.2, 0) is 6.18 Å². The molecule has 4 aromatic rings. The van der Waals surface area contributed by atoms with E-state index in [4.69, 9.17) is 23.2 Å². The number of hydrogen-bond donors (Lipinski definition) is 0. The number of alkyl halides is 3. The van der Waals surface area contributed by atoms with Gasteiger partial charge >= 0.3 is 6.18 Å². The first kappa shape index (κ1) is 23.3. The van der Waals surface area contributed by atoms with Crippen LogP contribution < -0.4 is 4.90 Å². The number of carbonyl (C=O) groups is 1. The molecule has 0 saturated carbocycles. The summed E-state index contributed by atoms with van der Waals surface area (Å²) in [4.78, 5) is 18.4. The first-order valence-corrected chi connectivity index (χ1v) is 11.2. The molecule has 1 heterocycles. The lowest BCUT2D eigenvalue weighted by atomic mass is 10.1. The molecule has 0 atom stereocenters. The SMILES string of the molecule is Cc1ccc(N(C(=O)c2ccccc2Cl)c2nc(C(F)(F)F)c(-c3ccc(Cl)cc3)s2)cc1. The van der Waals surface area contributed by atoms with Crippen molar-refractivity contribution in [1.82, 2.24) is 4.98 Å². The van der Waals surface area contributed by atoms with Gasteiger partial charge in [-0.2, -0.15) is 13.2 Å². The van der Waals surface area contributed by atoms with Crippen molar-refractivity contribution in [3.63, 3.8) is 0 Å². The molecule has 168 valence electrons. The normalized spacial score (nSPS) is 11.5. The van der Waals surface area contributed by atoms with E-state index in [1.165, 1.54) is 30.3 Å². The Bertz CT molecular complexity index is 1300. The van der Waals surface area contributed by atoms with Crippen LogP contribution >= 0.6 is 34.5 Å². The van der Waals surface area contributed by atoms with Crippen molar-refractivity contribution in [2.45, 2.75) is 13.1 Å². The predicted octanol–water partition coefficient (Wildman–Crippen LogP) is 8.42. The molecular weight excluding hydrogens is 492 g/mol. The Morgan fingerprint density at radius 1 is 0.939 bits per heavy atom. The zero-order valence-electron chi connectivity index (χ0n) is 17.0. The van der Waals surface area contributed by atoms with Gasteiger partial charge in [0, 0.05) is 5.02 Å². The van der Waals surface area contributed by atoms with Gasteiger partial charge in [-0.1, -0.05) is 76.5 Å². The number of benzene rings is 3. The van der Waals surface area contributed by atoms with Gasteiger partial charge in [-0.25, -0.2) is 4.98 Å². The summed E-state index contributed by atoms with van der Waals surface area (Å²) in [6.45, 7) is 1.87. The lowest BCUT2D eigenvalue weighted by Crippen LogP contribution is -2.26. The molecule has 0 aliphatic rings. The van der Waals surface area contributed by atoms with Gasteiger partial charge in [-0.05, 0) is 48.9 Å². The monoisotopic (exact) mass is 506 g/mol. The molecule has 9 heteroatoms. The summed E-state index contributed by atoms with van der Waals surface area (Å²) in [6, 6.07) is 19.2.